The van der Waals surface area contributed by atoms with Crippen molar-refractivity contribution in [3.63, 3.8) is 0 Å². The van der Waals surface area contributed by atoms with Gasteiger partial charge < -0.3 is 10.1 Å². The van der Waals surface area contributed by atoms with E-state index in [4.69, 9.17) is 10.00 Å². The molecule has 0 fully saturated rings. The van der Waals surface area contributed by atoms with Crippen molar-refractivity contribution in [2.24, 2.45) is 5.41 Å². The van der Waals surface area contributed by atoms with Crippen molar-refractivity contribution in [1.29, 1.82) is 5.26 Å². The number of nitrogens with one attached hydrogen (secondary N) is 1. The van der Waals surface area contributed by atoms with Crippen molar-refractivity contribution in [3.8, 4) is 6.07 Å². The molecule has 0 amide bonds. The van der Waals surface area contributed by atoms with Gasteiger partial charge in [0.1, 0.15) is 0 Å². The Labute approximate surface area is 116 Å². The lowest BCUT2D eigenvalue weighted by Gasteiger charge is -2.14. The molecule has 3 heteroatoms. The van der Waals surface area contributed by atoms with Crippen LogP contribution in [0.3, 0.4) is 0 Å². The van der Waals surface area contributed by atoms with E-state index in [-0.39, 0.29) is 5.41 Å². The first-order valence-electron chi connectivity index (χ1n) is 6.88. The second-order valence-electron chi connectivity index (χ2n) is 5.37. The quantitative estimate of drug-likeness (QED) is 0.694. The molecule has 104 valence electrons. The smallest absolute Gasteiger partial charge is 0.0684 e. The molecule has 0 aromatic heterocycles. The molecule has 1 N–H and O–H groups in total. The number of rotatable bonds is 9. The molecule has 0 saturated heterocycles. The third-order valence-corrected chi connectivity index (χ3v) is 2.99. The van der Waals surface area contributed by atoms with Gasteiger partial charge >= 0.3 is 0 Å². The Bertz CT molecular complexity index is 381. The molecule has 0 unspecified atom stereocenters. The van der Waals surface area contributed by atoms with Gasteiger partial charge in [-0.15, -0.1) is 0 Å². The van der Waals surface area contributed by atoms with E-state index in [0.29, 0.717) is 6.61 Å². The van der Waals surface area contributed by atoms with Crippen molar-refractivity contribution in [1.82, 2.24) is 5.32 Å². The van der Waals surface area contributed by atoms with E-state index in [0.717, 1.165) is 32.5 Å². The first-order chi connectivity index (χ1) is 9.14. The summed E-state index contributed by atoms with van der Waals surface area (Å²) in [7, 11) is 0. The summed E-state index contributed by atoms with van der Waals surface area (Å²) < 4.78 is 5.53. The van der Waals surface area contributed by atoms with Gasteiger partial charge in [-0.25, -0.2) is 0 Å². The van der Waals surface area contributed by atoms with E-state index >= 15 is 0 Å². The summed E-state index contributed by atoms with van der Waals surface area (Å²) in [5.41, 5.74) is 1.03. The van der Waals surface area contributed by atoms with E-state index in [9.17, 15) is 0 Å². The maximum Gasteiger partial charge on any atom is 0.0684 e. The molecule has 0 aliphatic heterocycles. The van der Waals surface area contributed by atoms with Crippen molar-refractivity contribution >= 4 is 0 Å². The first-order valence-corrected chi connectivity index (χ1v) is 6.88. The molecule has 1 aromatic carbocycles. The highest BCUT2D eigenvalue weighted by molar-refractivity contribution is 5.14. The molecule has 3 nitrogen and oxygen atoms in total. The minimum atomic E-state index is -0.272. The molecule has 1 aromatic rings. The second-order valence-corrected chi connectivity index (χ2v) is 5.37. The largest absolute Gasteiger partial charge is 0.381 e. The molecule has 0 atom stereocenters. The number of nitrogens with zero attached hydrogens (tertiary/aromatic N) is 1. The van der Waals surface area contributed by atoms with Crippen LogP contribution in [-0.2, 0) is 11.3 Å². The van der Waals surface area contributed by atoms with Crippen molar-refractivity contribution < 1.29 is 4.74 Å². The van der Waals surface area contributed by atoms with E-state index in [1.165, 1.54) is 5.56 Å². The van der Waals surface area contributed by atoms with Crippen molar-refractivity contribution in [3.05, 3.63) is 35.9 Å². The van der Waals surface area contributed by atoms with Crippen LogP contribution in [0.5, 0.6) is 0 Å². The maximum atomic E-state index is 8.86. The van der Waals surface area contributed by atoms with Gasteiger partial charge in [-0.1, -0.05) is 30.3 Å². The van der Waals surface area contributed by atoms with Gasteiger partial charge in [0.05, 0.1) is 11.5 Å². The normalized spacial score (nSPS) is 11.2. The number of hydrogen-bond donors (Lipinski definition) is 1. The second kappa shape index (κ2) is 8.68. The summed E-state index contributed by atoms with van der Waals surface area (Å²) >= 11 is 0. The summed E-state index contributed by atoms with van der Waals surface area (Å²) in [6.07, 6.45) is 1.79. The predicted molar refractivity (Wildman–Crippen MR) is 77.6 cm³/mol. The van der Waals surface area contributed by atoms with E-state index < -0.39 is 0 Å². The Morgan fingerprint density at radius 3 is 2.63 bits per heavy atom. The van der Waals surface area contributed by atoms with Gasteiger partial charge in [0.25, 0.3) is 0 Å². The molecule has 0 aliphatic carbocycles. The molecular weight excluding hydrogens is 236 g/mol. The zero-order valence-electron chi connectivity index (χ0n) is 12.0. The van der Waals surface area contributed by atoms with Crippen LogP contribution in [0, 0.1) is 16.7 Å². The maximum absolute atomic E-state index is 8.86. The first kappa shape index (κ1) is 15.7. The fourth-order valence-electron chi connectivity index (χ4n) is 1.61. The van der Waals surface area contributed by atoms with Crippen LogP contribution >= 0.6 is 0 Å². The monoisotopic (exact) mass is 260 g/mol. The van der Waals surface area contributed by atoms with Gasteiger partial charge in [0, 0.05) is 19.8 Å². The molecule has 0 bridgehead atoms. The summed E-state index contributed by atoms with van der Waals surface area (Å²) in [6, 6.07) is 12.6. The van der Waals surface area contributed by atoms with Gasteiger partial charge in [-0.2, -0.15) is 5.26 Å². The van der Waals surface area contributed by atoms with E-state index in [1.807, 2.05) is 19.9 Å². The van der Waals surface area contributed by atoms with Gasteiger partial charge in [-0.3, -0.25) is 0 Å². The Morgan fingerprint density at radius 2 is 1.95 bits per heavy atom. The highest BCUT2D eigenvalue weighted by Crippen LogP contribution is 2.17. The molecule has 0 radical (unpaired) electrons. The van der Waals surface area contributed by atoms with Gasteiger partial charge in [0.2, 0.25) is 0 Å². The van der Waals surface area contributed by atoms with Crippen molar-refractivity contribution in [2.45, 2.75) is 33.2 Å². The fourth-order valence-corrected chi connectivity index (χ4v) is 1.61. The SMILES string of the molecule is CC(C)(C#N)CCOCCCNCc1ccccc1. The van der Waals surface area contributed by atoms with Crippen LogP contribution in [0.2, 0.25) is 0 Å². The molecule has 0 saturated carbocycles. The molecule has 19 heavy (non-hydrogen) atoms. The van der Waals surface area contributed by atoms with Crippen molar-refractivity contribution in [2.75, 3.05) is 19.8 Å². The highest BCUT2D eigenvalue weighted by atomic mass is 16.5. The lowest BCUT2D eigenvalue weighted by Crippen LogP contribution is -2.17. The Morgan fingerprint density at radius 1 is 1.21 bits per heavy atom. The molecule has 0 spiro atoms. The lowest BCUT2D eigenvalue weighted by molar-refractivity contribution is 0.113. The van der Waals surface area contributed by atoms with Crippen LogP contribution in [0.1, 0.15) is 32.3 Å². The molecular formula is C16H24N2O. The number of nitriles is 1. The van der Waals surface area contributed by atoms with E-state index in [2.05, 4.69) is 35.7 Å². The lowest BCUT2D eigenvalue weighted by atomic mass is 9.92. The number of hydrogen-bond acceptors (Lipinski definition) is 3. The van der Waals surface area contributed by atoms with E-state index in [1.54, 1.807) is 0 Å². The number of ether oxygens (including phenoxy) is 1. The molecule has 0 aliphatic rings. The summed E-state index contributed by atoms with van der Waals surface area (Å²) in [5.74, 6) is 0. The topological polar surface area (TPSA) is 45.0 Å². The minimum absolute atomic E-state index is 0.272. The van der Waals surface area contributed by atoms with Crippen LogP contribution in [-0.4, -0.2) is 19.8 Å². The third-order valence-electron chi connectivity index (χ3n) is 2.99. The van der Waals surface area contributed by atoms with Crippen LogP contribution in [0.25, 0.3) is 0 Å². The standard InChI is InChI=1S/C16H24N2O/c1-16(2,14-17)9-12-19-11-6-10-18-13-15-7-4-3-5-8-15/h3-5,7-8,18H,6,9-13H2,1-2H3. The average Bonchev–Trinajstić information content (AvgIpc) is 2.43. The van der Waals surface area contributed by atoms with Gasteiger partial charge in [-0.05, 0) is 38.8 Å². The summed E-state index contributed by atoms with van der Waals surface area (Å²) in [4.78, 5) is 0. The molecule has 0 heterocycles. The fraction of sp³-hybridized carbons (Fsp3) is 0.562. The zero-order valence-corrected chi connectivity index (χ0v) is 12.0. The Hall–Kier alpha value is -1.37. The molecule has 1 rings (SSSR count). The average molecular weight is 260 g/mol. The zero-order chi connectivity index (χ0) is 14.0. The van der Waals surface area contributed by atoms with Crippen LogP contribution in [0.4, 0.5) is 0 Å². The third kappa shape index (κ3) is 7.61. The Balaban J connectivity index is 1.94. The van der Waals surface area contributed by atoms with Crippen LogP contribution in [0.15, 0.2) is 30.3 Å². The summed E-state index contributed by atoms with van der Waals surface area (Å²) in [5, 5.41) is 12.2. The predicted octanol–water partition coefficient (Wildman–Crippen LogP) is 3.12. The van der Waals surface area contributed by atoms with Gasteiger partial charge in [0.15, 0.2) is 0 Å². The Kier molecular flexibility index (Phi) is 7.17. The number of benzene rings is 1. The minimum Gasteiger partial charge on any atom is -0.381 e. The van der Waals surface area contributed by atoms with Crippen LogP contribution < -0.4 is 5.32 Å². The highest BCUT2D eigenvalue weighted by Gasteiger charge is 2.15. The summed E-state index contributed by atoms with van der Waals surface area (Å²) in [6.45, 7) is 7.16.